The second-order valence-corrected chi connectivity index (χ2v) is 6.15. The highest BCUT2D eigenvalue weighted by Gasteiger charge is 2.10. The quantitative estimate of drug-likeness (QED) is 0.712. The van der Waals surface area contributed by atoms with Crippen molar-refractivity contribution in [3.63, 3.8) is 0 Å². The average Bonchev–Trinajstić information content (AvgIpc) is 2.63. The van der Waals surface area contributed by atoms with Crippen molar-refractivity contribution in [2.75, 3.05) is 5.32 Å². The molecule has 0 aliphatic rings. The normalized spacial score (nSPS) is 10.4. The Morgan fingerprint density at radius 2 is 1.88 bits per heavy atom. The number of carbonyl (C=O) groups excluding carboxylic acids is 1. The molecule has 2 aromatic carbocycles. The van der Waals surface area contributed by atoms with Gasteiger partial charge in [-0.1, -0.05) is 35.9 Å². The first-order valence-corrected chi connectivity index (χ1v) is 8.35. The monoisotopic (exact) mass is 349 g/mol. The lowest BCUT2D eigenvalue weighted by atomic mass is 10.1. The molecule has 0 saturated heterocycles. The Hall–Kier alpha value is -3.21. The summed E-state index contributed by atoms with van der Waals surface area (Å²) in [6, 6.07) is 16.0. The molecule has 0 saturated carbocycles. The molecule has 1 amide bonds. The van der Waals surface area contributed by atoms with E-state index in [2.05, 4.69) is 21.7 Å². The fourth-order valence-electron chi connectivity index (χ4n) is 2.65. The molecule has 0 fully saturated rings. The number of benzene rings is 2. The maximum atomic E-state index is 13.6. The van der Waals surface area contributed by atoms with Crippen LogP contribution in [0, 0.1) is 19.7 Å². The summed E-state index contributed by atoms with van der Waals surface area (Å²) in [7, 11) is 0. The van der Waals surface area contributed by atoms with Crippen LogP contribution >= 0.6 is 0 Å². The second-order valence-electron chi connectivity index (χ2n) is 6.15. The number of pyridine rings is 1. The molecular formula is C21H20FN3O. The number of carbonyl (C=O) groups is 1. The number of amides is 1. The number of nitrogens with zero attached hydrogens (tertiary/aromatic N) is 1. The van der Waals surface area contributed by atoms with Gasteiger partial charge < -0.3 is 10.6 Å². The summed E-state index contributed by atoms with van der Waals surface area (Å²) in [5.74, 6) is -0.691. The van der Waals surface area contributed by atoms with Crippen LogP contribution in [0.5, 0.6) is 0 Å². The molecule has 1 aromatic heterocycles. The molecule has 132 valence electrons. The molecule has 0 unspecified atom stereocenters. The molecule has 4 nitrogen and oxygen atoms in total. The average molecular weight is 349 g/mol. The van der Waals surface area contributed by atoms with Crippen LogP contribution < -0.4 is 10.6 Å². The fourth-order valence-corrected chi connectivity index (χ4v) is 2.65. The second kappa shape index (κ2) is 7.78. The largest absolute Gasteiger partial charge is 0.355 e. The summed E-state index contributed by atoms with van der Waals surface area (Å²) in [6.45, 7) is 4.18. The van der Waals surface area contributed by atoms with Gasteiger partial charge in [0, 0.05) is 29.7 Å². The fraction of sp³-hybridized carbons (Fsp3) is 0.143. The Morgan fingerprint density at radius 3 is 2.65 bits per heavy atom. The first-order valence-electron chi connectivity index (χ1n) is 8.35. The third-order valence-electron chi connectivity index (χ3n) is 4.05. The number of nitrogens with one attached hydrogen (secondary N) is 2. The summed E-state index contributed by atoms with van der Waals surface area (Å²) in [6.07, 6.45) is 1.57. The highest BCUT2D eigenvalue weighted by atomic mass is 19.1. The standard InChI is InChI=1S/C21H20FN3O/c1-14-7-8-19(15(2)11-14)25-17-9-10-23-20(12-17)21(26)24-13-16-5-3-4-6-18(16)22/h3-12H,13H2,1-2H3,(H,23,25)(H,24,26). The lowest BCUT2D eigenvalue weighted by molar-refractivity contribution is 0.0945. The van der Waals surface area contributed by atoms with E-state index >= 15 is 0 Å². The van der Waals surface area contributed by atoms with Gasteiger partial charge in [0.15, 0.2) is 0 Å². The zero-order chi connectivity index (χ0) is 18.5. The van der Waals surface area contributed by atoms with Crippen LogP contribution in [0.2, 0.25) is 0 Å². The minimum atomic E-state index is -0.350. The third-order valence-corrected chi connectivity index (χ3v) is 4.05. The molecule has 0 radical (unpaired) electrons. The molecule has 5 heteroatoms. The van der Waals surface area contributed by atoms with Crippen molar-refractivity contribution in [2.24, 2.45) is 0 Å². The van der Waals surface area contributed by atoms with Crippen LogP contribution in [0.25, 0.3) is 0 Å². The number of aryl methyl sites for hydroxylation is 2. The van der Waals surface area contributed by atoms with Crippen molar-refractivity contribution in [2.45, 2.75) is 20.4 Å². The van der Waals surface area contributed by atoms with E-state index in [4.69, 9.17) is 0 Å². The highest BCUT2D eigenvalue weighted by Crippen LogP contribution is 2.21. The molecule has 0 spiro atoms. The van der Waals surface area contributed by atoms with Gasteiger partial charge in [0.2, 0.25) is 0 Å². The SMILES string of the molecule is Cc1ccc(Nc2ccnc(C(=O)NCc3ccccc3F)c2)c(C)c1. The smallest absolute Gasteiger partial charge is 0.270 e. The van der Waals surface area contributed by atoms with Crippen molar-refractivity contribution in [3.05, 3.63) is 89.0 Å². The van der Waals surface area contributed by atoms with Crippen LogP contribution in [0.15, 0.2) is 60.8 Å². The summed E-state index contributed by atoms with van der Waals surface area (Å²) in [5, 5.41) is 5.99. The topological polar surface area (TPSA) is 54.0 Å². The van der Waals surface area contributed by atoms with Gasteiger partial charge in [0.1, 0.15) is 11.5 Å². The summed E-state index contributed by atoms with van der Waals surface area (Å²) >= 11 is 0. The minimum absolute atomic E-state index is 0.113. The number of hydrogen-bond donors (Lipinski definition) is 2. The Bertz CT molecular complexity index is 940. The van der Waals surface area contributed by atoms with Crippen molar-refractivity contribution in [1.29, 1.82) is 0 Å². The molecular weight excluding hydrogens is 329 g/mol. The molecule has 0 aliphatic heterocycles. The molecule has 0 bridgehead atoms. The van der Waals surface area contributed by atoms with Gasteiger partial charge in [0.25, 0.3) is 5.91 Å². The molecule has 26 heavy (non-hydrogen) atoms. The van der Waals surface area contributed by atoms with E-state index in [0.717, 1.165) is 16.9 Å². The maximum Gasteiger partial charge on any atom is 0.270 e. The third kappa shape index (κ3) is 4.25. The Morgan fingerprint density at radius 1 is 1.08 bits per heavy atom. The van der Waals surface area contributed by atoms with Crippen LogP contribution in [-0.4, -0.2) is 10.9 Å². The number of hydrogen-bond acceptors (Lipinski definition) is 3. The van der Waals surface area contributed by atoms with Crippen molar-refractivity contribution >= 4 is 17.3 Å². The zero-order valence-electron chi connectivity index (χ0n) is 14.7. The predicted molar refractivity (Wildman–Crippen MR) is 101 cm³/mol. The van der Waals surface area contributed by atoms with Gasteiger partial charge in [-0.05, 0) is 43.7 Å². The lowest BCUT2D eigenvalue weighted by Gasteiger charge is -2.11. The molecule has 1 heterocycles. The molecule has 0 aliphatic carbocycles. The summed E-state index contributed by atoms with van der Waals surface area (Å²) in [5.41, 5.74) is 4.76. The van der Waals surface area contributed by atoms with Crippen molar-refractivity contribution < 1.29 is 9.18 Å². The molecule has 0 atom stereocenters. The first-order chi connectivity index (χ1) is 12.5. The van der Waals surface area contributed by atoms with Crippen LogP contribution in [0.3, 0.4) is 0 Å². The van der Waals surface area contributed by atoms with Crippen molar-refractivity contribution in [3.8, 4) is 0 Å². The summed E-state index contributed by atoms with van der Waals surface area (Å²) < 4.78 is 13.6. The van der Waals surface area contributed by atoms with E-state index in [-0.39, 0.29) is 24.0 Å². The predicted octanol–water partition coefficient (Wildman–Crippen LogP) is 4.51. The van der Waals surface area contributed by atoms with Gasteiger partial charge in [-0.3, -0.25) is 9.78 Å². The number of rotatable bonds is 5. The Kier molecular flexibility index (Phi) is 5.27. The van der Waals surface area contributed by atoms with Gasteiger partial charge in [0.05, 0.1) is 0 Å². The maximum absolute atomic E-state index is 13.6. The van der Waals surface area contributed by atoms with E-state index in [1.165, 1.54) is 11.6 Å². The van der Waals surface area contributed by atoms with Crippen LogP contribution in [-0.2, 0) is 6.54 Å². The number of halogens is 1. The van der Waals surface area contributed by atoms with Gasteiger partial charge >= 0.3 is 0 Å². The van der Waals surface area contributed by atoms with Crippen LogP contribution in [0.1, 0.15) is 27.2 Å². The van der Waals surface area contributed by atoms with Gasteiger partial charge in [-0.2, -0.15) is 0 Å². The zero-order valence-corrected chi connectivity index (χ0v) is 14.7. The van der Waals surface area contributed by atoms with Gasteiger partial charge in [-0.25, -0.2) is 4.39 Å². The van der Waals surface area contributed by atoms with E-state index in [1.807, 2.05) is 26.0 Å². The van der Waals surface area contributed by atoms with Crippen LogP contribution in [0.4, 0.5) is 15.8 Å². The molecule has 3 aromatic rings. The van der Waals surface area contributed by atoms with Gasteiger partial charge in [-0.15, -0.1) is 0 Å². The van der Waals surface area contributed by atoms with E-state index in [9.17, 15) is 9.18 Å². The highest BCUT2D eigenvalue weighted by molar-refractivity contribution is 5.93. The summed E-state index contributed by atoms with van der Waals surface area (Å²) in [4.78, 5) is 16.4. The minimum Gasteiger partial charge on any atom is -0.355 e. The number of aromatic nitrogens is 1. The lowest BCUT2D eigenvalue weighted by Crippen LogP contribution is -2.24. The Labute approximate surface area is 152 Å². The van der Waals surface area contributed by atoms with Crippen molar-refractivity contribution in [1.82, 2.24) is 10.3 Å². The Balaban J connectivity index is 1.70. The van der Waals surface area contributed by atoms with E-state index in [0.29, 0.717) is 5.56 Å². The molecule has 2 N–H and O–H groups in total. The van der Waals surface area contributed by atoms with E-state index < -0.39 is 0 Å². The first kappa shape index (κ1) is 17.6. The van der Waals surface area contributed by atoms with E-state index in [1.54, 1.807) is 36.5 Å². The molecule has 3 rings (SSSR count). The number of anilines is 2.